The van der Waals surface area contributed by atoms with Crippen LogP contribution in [-0.2, 0) is 10.0 Å². The number of H-pyrrole nitrogens is 1. The summed E-state index contributed by atoms with van der Waals surface area (Å²) in [6.07, 6.45) is 6.62. The molecule has 1 saturated carbocycles. The van der Waals surface area contributed by atoms with Crippen molar-refractivity contribution in [3.8, 4) is 0 Å². The van der Waals surface area contributed by atoms with Crippen LogP contribution < -0.4 is 5.32 Å². The van der Waals surface area contributed by atoms with Crippen LogP contribution in [0, 0.1) is 0 Å². The van der Waals surface area contributed by atoms with Crippen LogP contribution >= 0.6 is 0 Å². The van der Waals surface area contributed by atoms with Gasteiger partial charge < -0.3 is 10.3 Å². The fourth-order valence-electron chi connectivity index (χ4n) is 2.67. The molecular formula is C12H22N4O2S. The van der Waals surface area contributed by atoms with E-state index in [9.17, 15) is 8.42 Å². The summed E-state index contributed by atoms with van der Waals surface area (Å²) in [7, 11) is -1.77. The van der Waals surface area contributed by atoms with Crippen molar-refractivity contribution >= 4 is 10.0 Å². The highest BCUT2D eigenvalue weighted by atomic mass is 32.2. The van der Waals surface area contributed by atoms with Gasteiger partial charge in [-0.3, -0.25) is 0 Å². The molecule has 0 spiro atoms. The lowest BCUT2D eigenvalue weighted by Crippen LogP contribution is -2.43. The first-order valence-electron chi connectivity index (χ1n) is 6.75. The van der Waals surface area contributed by atoms with Crippen LogP contribution in [0.15, 0.2) is 17.6 Å². The van der Waals surface area contributed by atoms with Crippen molar-refractivity contribution in [2.24, 2.45) is 0 Å². The lowest BCUT2D eigenvalue weighted by Gasteiger charge is -2.33. The van der Waals surface area contributed by atoms with Gasteiger partial charge >= 0.3 is 0 Å². The summed E-state index contributed by atoms with van der Waals surface area (Å²) in [5, 5.41) is 3.60. The van der Waals surface area contributed by atoms with Crippen molar-refractivity contribution in [2.75, 3.05) is 13.6 Å². The van der Waals surface area contributed by atoms with Crippen molar-refractivity contribution in [3.05, 3.63) is 12.5 Å². The lowest BCUT2D eigenvalue weighted by atomic mass is 9.91. The van der Waals surface area contributed by atoms with Crippen LogP contribution in [0.1, 0.15) is 32.6 Å². The minimum atomic E-state index is -3.43. The number of rotatable bonds is 5. The van der Waals surface area contributed by atoms with Gasteiger partial charge in [-0.15, -0.1) is 0 Å². The Morgan fingerprint density at radius 2 is 2.11 bits per heavy atom. The number of imidazole rings is 1. The summed E-state index contributed by atoms with van der Waals surface area (Å²) >= 11 is 0. The zero-order valence-corrected chi connectivity index (χ0v) is 12.3. The molecule has 1 heterocycles. The van der Waals surface area contributed by atoms with Gasteiger partial charge in [0, 0.05) is 19.1 Å². The van der Waals surface area contributed by atoms with E-state index in [1.54, 1.807) is 7.05 Å². The fraction of sp³-hybridized carbons (Fsp3) is 0.750. The van der Waals surface area contributed by atoms with Crippen LogP contribution in [0.25, 0.3) is 0 Å². The van der Waals surface area contributed by atoms with Crippen LogP contribution in [0.5, 0.6) is 0 Å². The molecule has 108 valence electrons. The third kappa shape index (κ3) is 3.16. The third-order valence-corrected chi connectivity index (χ3v) is 5.67. The van der Waals surface area contributed by atoms with E-state index in [1.807, 2.05) is 0 Å². The molecule has 1 aliphatic carbocycles. The Bertz CT molecular complexity index is 478. The summed E-state index contributed by atoms with van der Waals surface area (Å²) in [5.41, 5.74) is 0. The van der Waals surface area contributed by atoms with Crippen LogP contribution in [0.2, 0.25) is 0 Å². The van der Waals surface area contributed by atoms with Crippen molar-refractivity contribution < 1.29 is 8.42 Å². The molecule has 1 fully saturated rings. The number of nitrogens with one attached hydrogen (secondary N) is 2. The first kappa shape index (κ1) is 14.5. The Labute approximate surface area is 114 Å². The normalized spacial score (nSPS) is 24.8. The van der Waals surface area contributed by atoms with Crippen LogP contribution in [0.4, 0.5) is 0 Å². The molecule has 0 amide bonds. The molecule has 2 N–H and O–H groups in total. The van der Waals surface area contributed by atoms with E-state index in [0.29, 0.717) is 6.04 Å². The smallest absolute Gasteiger partial charge is 0.260 e. The molecule has 0 aliphatic heterocycles. The maximum absolute atomic E-state index is 12.3. The zero-order valence-electron chi connectivity index (χ0n) is 11.5. The summed E-state index contributed by atoms with van der Waals surface area (Å²) in [6.45, 7) is 3.07. The summed E-state index contributed by atoms with van der Waals surface area (Å²) in [4.78, 5) is 6.45. The number of hydrogen-bond donors (Lipinski definition) is 2. The van der Waals surface area contributed by atoms with Crippen LogP contribution in [-0.4, -0.2) is 48.4 Å². The van der Waals surface area contributed by atoms with Gasteiger partial charge in [0.25, 0.3) is 10.0 Å². The summed E-state index contributed by atoms with van der Waals surface area (Å²) in [5.74, 6) is 0. The van der Waals surface area contributed by atoms with Gasteiger partial charge in [0.05, 0.1) is 12.5 Å². The maximum atomic E-state index is 12.3. The van der Waals surface area contributed by atoms with E-state index >= 15 is 0 Å². The minimum Gasteiger partial charge on any atom is -0.335 e. The largest absolute Gasteiger partial charge is 0.335 e. The summed E-state index contributed by atoms with van der Waals surface area (Å²) < 4.78 is 26.2. The first-order valence-corrected chi connectivity index (χ1v) is 8.19. The van der Waals surface area contributed by atoms with Gasteiger partial charge in [-0.2, -0.15) is 4.31 Å². The second-order valence-corrected chi connectivity index (χ2v) is 6.97. The highest BCUT2D eigenvalue weighted by Gasteiger charge is 2.31. The number of nitrogens with zero attached hydrogens (tertiary/aromatic N) is 2. The molecule has 0 saturated heterocycles. The fourth-order valence-corrected chi connectivity index (χ4v) is 3.98. The Morgan fingerprint density at radius 1 is 1.42 bits per heavy atom. The Hall–Kier alpha value is -0.920. The molecule has 6 nitrogen and oxygen atoms in total. The predicted octanol–water partition coefficient (Wildman–Crippen LogP) is 0.951. The third-order valence-electron chi connectivity index (χ3n) is 3.83. The molecule has 0 bridgehead atoms. The van der Waals surface area contributed by atoms with Crippen molar-refractivity contribution in [2.45, 2.75) is 49.7 Å². The first-order chi connectivity index (χ1) is 9.05. The molecule has 7 heteroatoms. The van der Waals surface area contributed by atoms with Crippen molar-refractivity contribution in [3.63, 3.8) is 0 Å². The predicted molar refractivity (Wildman–Crippen MR) is 73.3 cm³/mol. The van der Waals surface area contributed by atoms with E-state index < -0.39 is 10.0 Å². The molecule has 0 unspecified atom stereocenters. The van der Waals surface area contributed by atoms with E-state index in [0.717, 1.165) is 32.2 Å². The van der Waals surface area contributed by atoms with Gasteiger partial charge in [0.2, 0.25) is 0 Å². The van der Waals surface area contributed by atoms with E-state index in [-0.39, 0.29) is 11.1 Å². The number of sulfonamides is 1. The topological polar surface area (TPSA) is 78.1 Å². The van der Waals surface area contributed by atoms with Crippen LogP contribution in [0.3, 0.4) is 0 Å². The van der Waals surface area contributed by atoms with Gasteiger partial charge in [-0.1, -0.05) is 6.92 Å². The highest BCUT2D eigenvalue weighted by molar-refractivity contribution is 7.89. The van der Waals surface area contributed by atoms with E-state index in [2.05, 4.69) is 22.2 Å². The molecule has 1 aromatic rings. The molecule has 0 radical (unpaired) electrons. The summed E-state index contributed by atoms with van der Waals surface area (Å²) in [6, 6.07) is 0.618. The highest BCUT2D eigenvalue weighted by Crippen LogP contribution is 2.26. The Morgan fingerprint density at radius 3 is 2.63 bits per heavy atom. The quantitative estimate of drug-likeness (QED) is 0.845. The molecule has 0 aromatic carbocycles. The van der Waals surface area contributed by atoms with Gasteiger partial charge in [0.1, 0.15) is 0 Å². The maximum Gasteiger partial charge on any atom is 0.260 e. The van der Waals surface area contributed by atoms with Gasteiger partial charge in [-0.05, 0) is 32.2 Å². The van der Waals surface area contributed by atoms with Gasteiger partial charge in [-0.25, -0.2) is 13.4 Å². The van der Waals surface area contributed by atoms with E-state index in [4.69, 9.17) is 0 Å². The van der Waals surface area contributed by atoms with Crippen molar-refractivity contribution in [1.29, 1.82) is 0 Å². The monoisotopic (exact) mass is 286 g/mol. The second-order valence-electron chi connectivity index (χ2n) is 5.00. The molecule has 1 aromatic heterocycles. The average Bonchev–Trinajstić information content (AvgIpc) is 2.94. The molecule has 19 heavy (non-hydrogen) atoms. The zero-order chi connectivity index (χ0) is 13.9. The SMILES string of the molecule is CCNC1CCC(N(C)S(=O)(=O)c2cnc[nH]2)CC1. The number of aromatic nitrogens is 2. The molecule has 2 rings (SSSR count). The average molecular weight is 286 g/mol. The van der Waals surface area contributed by atoms with Crippen molar-refractivity contribution in [1.82, 2.24) is 19.6 Å². The lowest BCUT2D eigenvalue weighted by molar-refractivity contribution is 0.250. The number of aromatic amines is 1. The van der Waals surface area contributed by atoms with E-state index in [1.165, 1.54) is 16.8 Å². The molecule has 0 atom stereocenters. The Kier molecular flexibility index (Phi) is 4.59. The second kappa shape index (κ2) is 6.02. The van der Waals surface area contributed by atoms with Gasteiger partial charge in [0.15, 0.2) is 5.03 Å². The Balaban J connectivity index is 2.00. The molecule has 1 aliphatic rings. The number of hydrogen-bond acceptors (Lipinski definition) is 4. The standard InChI is InChI=1S/C12H22N4O2S/c1-3-14-10-4-6-11(7-5-10)16(2)19(17,18)12-8-13-9-15-12/h8-11,14H,3-7H2,1-2H3,(H,13,15). The molecular weight excluding hydrogens is 264 g/mol. The minimum absolute atomic E-state index is 0.0863.